The highest BCUT2D eigenvalue weighted by molar-refractivity contribution is 9.10. The lowest BCUT2D eigenvalue weighted by Gasteiger charge is -2.20. The van der Waals surface area contributed by atoms with Crippen molar-refractivity contribution in [3.63, 3.8) is 0 Å². The lowest BCUT2D eigenvalue weighted by Crippen LogP contribution is -2.35. The van der Waals surface area contributed by atoms with Crippen LogP contribution in [0.5, 0.6) is 0 Å². The Morgan fingerprint density at radius 1 is 1.56 bits per heavy atom. The minimum absolute atomic E-state index is 0.0365. The normalized spacial score (nSPS) is 27.3. The summed E-state index contributed by atoms with van der Waals surface area (Å²) in [6.07, 6.45) is 4.32. The fourth-order valence-corrected chi connectivity index (χ4v) is 3.05. The number of carbonyl (C=O) groups excluding carboxylic acids is 1. The van der Waals surface area contributed by atoms with Gasteiger partial charge in [0.15, 0.2) is 0 Å². The molecule has 1 saturated heterocycles. The molecule has 3 rings (SSSR count). The zero-order valence-electron chi connectivity index (χ0n) is 9.77. The van der Waals surface area contributed by atoms with Crippen LogP contribution in [0.15, 0.2) is 22.9 Å². The van der Waals surface area contributed by atoms with Crippen molar-refractivity contribution < 1.29 is 4.79 Å². The number of hydrogen-bond donors (Lipinski definition) is 0. The standard InChI is InChI=1S/C13H12BrN3O/c14-11-7-10(3-5-16-11)17-6-4-13(8-15,12(17)18)9-1-2-9/h3,5,7,9H,1-2,4,6H2/t13-/m0/s1. The molecule has 1 aromatic heterocycles. The predicted octanol–water partition coefficient (Wildman–Crippen LogP) is 2.50. The quantitative estimate of drug-likeness (QED) is 0.789. The van der Waals surface area contributed by atoms with E-state index in [1.807, 2.05) is 12.1 Å². The Bertz CT molecular complexity index is 549. The van der Waals surface area contributed by atoms with Crippen LogP contribution in [0.25, 0.3) is 0 Å². The molecule has 1 aliphatic heterocycles. The van der Waals surface area contributed by atoms with Gasteiger partial charge in [-0.15, -0.1) is 0 Å². The Morgan fingerprint density at radius 3 is 2.94 bits per heavy atom. The monoisotopic (exact) mass is 305 g/mol. The maximum atomic E-state index is 12.5. The number of rotatable bonds is 2. The van der Waals surface area contributed by atoms with Crippen LogP contribution in [0.2, 0.25) is 0 Å². The third-order valence-electron chi connectivity index (χ3n) is 3.85. The molecule has 18 heavy (non-hydrogen) atoms. The second-order valence-electron chi connectivity index (χ2n) is 4.90. The minimum atomic E-state index is -0.768. The molecule has 0 N–H and O–H groups in total. The van der Waals surface area contributed by atoms with Gasteiger partial charge < -0.3 is 4.90 Å². The van der Waals surface area contributed by atoms with Crippen LogP contribution >= 0.6 is 15.9 Å². The number of pyridine rings is 1. The predicted molar refractivity (Wildman–Crippen MR) is 69.7 cm³/mol. The SMILES string of the molecule is N#C[C@]1(C2CC2)CCN(c2ccnc(Br)c2)C1=O. The van der Waals surface area contributed by atoms with Crippen LogP contribution in [-0.2, 0) is 4.79 Å². The Kier molecular flexibility index (Phi) is 2.63. The number of amides is 1. The summed E-state index contributed by atoms with van der Waals surface area (Å²) in [6.45, 7) is 0.624. The fourth-order valence-electron chi connectivity index (χ4n) is 2.69. The number of nitriles is 1. The molecule has 1 atom stereocenters. The minimum Gasteiger partial charge on any atom is -0.311 e. The van der Waals surface area contributed by atoms with E-state index in [0.717, 1.165) is 18.5 Å². The maximum absolute atomic E-state index is 12.5. The van der Waals surface area contributed by atoms with Crippen molar-refractivity contribution in [3.8, 4) is 6.07 Å². The molecule has 0 aromatic carbocycles. The van der Waals surface area contributed by atoms with Crippen molar-refractivity contribution in [2.24, 2.45) is 11.3 Å². The molecular formula is C13H12BrN3O. The summed E-state index contributed by atoms with van der Waals surface area (Å²) in [4.78, 5) is 18.3. The van der Waals surface area contributed by atoms with E-state index < -0.39 is 5.41 Å². The van der Waals surface area contributed by atoms with Gasteiger partial charge in [0.2, 0.25) is 5.91 Å². The summed E-state index contributed by atoms with van der Waals surface area (Å²) in [5.41, 5.74) is 0.0510. The molecule has 5 heteroatoms. The Morgan fingerprint density at radius 2 is 2.33 bits per heavy atom. The average molecular weight is 306 g/mol. The van der Waals surface area contributed by atoms with Gasteiger partial charge in [0.05, 0.1) is 6.07 Å². The van der Waals surface area contributed by atoms with Crippen molar-refractivity contribution >= 4 is 27.5 Å². The van der Waals surface area contributed by atoms with Gasteiger partial charge in [-0.3, -0.25) is 4.79 Å². The zero-order chi connectivity index (χ0) is 12.8. The van der Waals surface area contributed by atoms with E-state index >= 15 is 0 Å². The smallest absolute Gasteiger partial charge is 0.247 e. The highest BCUT2D eigenvalue weighted by atomic mass is 79.9. The molecule has 2 aliphatic rings. The lowest BCUT2D eigenvalue weighted by atomic mass is 9.83. The van der Waals surface area contributed by atoms with Crippen LogP contribution in [-0.4, -0.2) is 17.4 Å². The zero-order valence-corrected chi connectivity index (χ0v) is 11.4. The van der Waals surface area contributed by atoms with Crippen molar-refractivity contribution in [1.82, 2.24) is 4.98 Å². The van der Waals surface area contributed by atoms with Gasteiger partial charge in [-0.2, -0.15) is 5.26 Å². The van der Waals surface area contributed by atoms with Gasteiger partial charge in [-0.25, -0.2) is 4.98 Å². The molecular weight excluding hydrogens is 294 g/mol. The van der Waals surface area contributed by atoms with E-state index in [2.05, 4.69) is 27.0 Å². The summed E-state index contributed by atoms with van der Waals surface area (Å²) < 4.78 is 0.702. The molecule has 1 aliphatic carbocycles. The highest BCUT2D eigenvalue weighted by Gasteiger charge is 2.56. The summed E-state index contributed by atoms with van der Waals surface area (Å²) in [5, 5.41) is 9.40. The van der Waals surface area contributed by atoms with Gasteiger partial charge in [0.1, 0.15) is 10.0 Å². The van der Waals surface area contributed by atoms with Crippen molar-refractivity contribution in [2.75, 3.05) is 11.4 Å². The lowest BCUT2D eigenvalue weighted by molar-refractivity contribution is -0.123. The average Bonchev–Trinajstić information content (AvgIpc) is 3.15. The largest absolute Gasteiger partial charge is 0.311 e. The topological polar surface area (TPSA) is 57.0 Å². The second kappa shape index (κ2) is 4.06. The van der Waals surface area contributed by atoms with E-state index in [4.69, 9.17) is 0 Å². The molecule has 1 amide bonds. The van der Waals surface area contributed by atoms with Crippen molar-refractivity contribution in [2.45, 2.75) is 19.3 Å². The molecule has 0 radical (unpaired) electrons. The van der Waals surface area contributed by atoms with E-state index in [1.165, 1.54) is 0 Å². The van der Waals surface area contributed by atoms with Gasteiger partial charge in [-0.05, 0) is 53.2 Å². The summed E-state index contributed by atoms with van der Waals surface area (Å²) in [6, 6.07) is 5.91. The van der Waals surface area contributed by atoms with Gasteiger partial charge >= 0.3 is 0 Å². The molecule has 0 bridgehead atoms. The first-order chi connectivity index (χ1) is 8.67. The van der Waals surface area contributed by atoms with Crippen LogP contribution in [0, 0.1) is 22.7 Å². The maximum Gasteiger partial charge on any atom is 0.247 e. The van der Waals surface area contributed by atoms with E-state index in [-0.39, 0.29) is 11.8 Å². The summed E-state index contributed by atoms with van der Waals surface area (Å²) >= 11 is 3.30. The molecule has 1 aromatic rings. The fraction of sp³-hybridized carbons (Fsp3) is 0.462. The van der Waals surface area contributed by atoms with Gasteiger partial charge in [0.25, 0.3) is 0 Å². The second-order valence-corrected chi connectivity index (χ2v) is 5.71. The number of anilines is 1. The van der Waals surface area contributed by atoms with Crippen LogP contribution < -0.4 is 4.90 Å². The Balaban J connectivity index is 1.93. The molecule has 92 valence electrons. The molecule has 1 saturated carbocycles. The molecule has 0 unspecified atom stereocenters. The third kappa shape index (κ3) is 1.64. The highest BCUT2D eigenvalue weighted by Crippen LogP contribution is 2.51. The summed E-state index contributed by atoms with van der Waals surface area (Å²) in [5.74, 6) is 0.232. The van der Waals surface area contributed by atoms with Crippen LogP contribution in [0.3, 0.4) is 0 Å². The first-order valence-corrected chi connectivity index (χ1v) is 6.81. The number of hydrogen-bond acceptors (Lipinski definition) is 3. The van der Waals surface area contributed by atoms with E-state index in [0.29, 0.717) is 17.6 Å². The Labute approximate surface area is 114 Å². The first kappa shape index (κ1) is 11.7. The Hall–Kier alpha value is -1.41. The summed E-state index contributed by atoms with van der Waals surface area (Å²) in [7, 11) is 0. The van der Waals surface area contributed by atoms with Crippen molar-refractivity contribution in [1.29, 1.82) is 5.26 Å². The molecule has 4 nitrogen and oxygen atoms in total. The van der Waals surface area contributed by atoms with Gasteiger partial charge in [0, 0.05) is 18.4 Å². The molecule has 0 spiro atoms. The number of carbonyl (C=O) groups is 1. The molecule has 2 heterocycles. The number of aromatic nitrogens is 1. The number of halogens is 1. The third-order valence-corrected chi connectivity index (χ3v) is 4.29. The number of nitrogens with zero attached hydrogens (tertiary/aromatic N) is 3. The van der Waals surface area contributed by atoms with E-state index in [9.17, 15) is 10.1 Å². The first-order valence-electron chi connectivity index (χ1n) is 6.02. The van der Waals surface area contributed by atoms with Crippen LogP contribution in [0.1, 0.15) is 19.3 Å². The van der Waals surface area contributed by atoms with E-state index in [1.54, 1.807) is 11.1 Å². The molecule has 2 fully saturated rings. The van der Waals surface area contributed by atoms with Crippen molar-refractivity contribution in [3.05, 3.63) is 22.9 Å². The van der Waals surface area contributed by atoms with Gasteiger partial charge in [-0.1, -0.05) is 0 Å². The van der Waals surface area contributed by atoms with Crippen LogP contribution in [0.4, 0.5) is 5.69 Å².